The van der Waals surface area contributed by atoms with Crippen LogP contribution in [0.3, 0.4) is 0 Å². The molecule has 3 N–H and O–H groups in total. The molecule has 0 aromatic heterocycles. The Morgan fingerprint density at radius 2 is 2.38 bits per heavy atom. The molecule has 2 aliphatic heterocycles. The summed E-state index contributed by atoms with van der Waals surface area (Å²) in [5.74, 6) is 0.237. The number of carbonyl (C=O) groups excluding carboxylic acids is 1. The molecule has 4 nitrogen and oxygen atoms in total. The first-order chi connectivity index (χ1) is 6.27. The molecule has 74 valence electrons. The minimum absolute atomic E-state index is 0.0643. The van der Waals surface area contributed by atoms with Crippen molar-refractivity contribution in [3.8, 4) is 0 Å². The van der Waals surface area contributed by atoms with E-state index in [1.807, 2.05) is 4.90 Å². The smallest absolute Gasteiger partial charge is 0.224 e. The van der Waals surface area contributed by atoms with E-state index in [9.17, 15) is 4.79 Å². The molecular weight excluding hydrogens is 166 g/mol. The molecule has 2 aliphatic rings. The van der Waals surface area contributed by atoms with Gasteiger partial charge in [-0.15, -0.1) is 0 Å². The Balaban J connectivity index is 1.95. The van der Waals surface area contributed by atoms with Gasteiger partial charge in [0.15, 0.2) is 0 Å². The molecule has 1 amide bonds. The van der Waals surface area contributed by atoms with Crippen molar-refractivity contribution in [2.24, 2.45) is 5.73 Å². The third kappa shape index (κ3) is 1.84. The zero-order chi connectivity index (χ0) is 9.26. The minimum atomic E-state index is 0.0643. The number of nitrogens with one attached hydrogen (secondary N) is 1. The highest BCUT2D eigenvalue weighted by Crippen LogP contribution is 2.17. The van der Waals surface area contributed by atoms with E-state index in [2.05, 4.69) is 5.32 Å². The van der Waals surface area contributed by atoms with E-state index >= 15 is 0 Å². The minimum Gasteiger partial charge on any atom is -0.337 e. The van der Waals surface area contributed by atoms with Gasteiger partial charge < -0.3 is 16.0 Å². The summed E-state index contributed by atoms with van der Waals surface area (Å²) in [6.45, 7) is 2.79. The molecule has 0 saturated carbocycles. The maximum absolute atomic E-state index is 11.5. The summed E-state index contributed by atoms with van der Waals surface area (Å²) < 4.78 is 0. The third-order valence-corrected chi connectivity index (χ3v) is 2.90. The number of amides is 1. The van der Waals surface area contributed by atoms with Crippen molar-refractivity contribution in [2.75, 3.05) is 19.6 Å². The molecule has 2 saturated heterocycles. The molecular formula is C9H17N3O. The number of likely N-dealkylation sites (tertiary alicyclic amines) is 1. The van der Waals surface area contributed by atoms with Crippen LogP contribution in [0.5, 0.6) is 0 Å². The predicted octanol–water partition coefficient (Wildman–Crippen LogP) is -0.702. The van der Waals surface area contributed by atoms with E-state index in [-0.39, 0.29) is 11.9 Å². The van der Waals surface area contributed by atoms with Crippen LogP contribution >= 0.6 is 0 Å². The van der Waals surface area contributed by atoms with E-state index in [1.54, 1.807) is 0 Å². The van der Waals surface area contributed by atoms with Crippen LogP contribution in [0.4, 0.5) is 0 Å². The zero-order valence-corrected chi connectivity index (χ0v) is 7.83. The van der Waals surface area contributed by atoms with Crippen LogP contribution < -0.4 is 11.1 Å². The van der Waals surface area contributed by atoms with Crippen molar-refractivity contribution in [1.29, 1.82) is 0 Å². The lowest BCUT2D eigenvalue weighted by Crippen LogP contribution is -2.47. The van der Waals surface area contributed by atoms with Crippen molar-refractivity contribution in [3.63, 3.8) is 0 Å². The topological polar surface area (TPSA) is 58.4 Å². The van der Waals surface area contributed by atoms with Gasteiger partial charge >= 0.3 is 0 Å². The summed E-state index contributed by atoms with van der Waals surface area (Å²) >= 11 is 0. The maximum atomic E-state index is 11.5. The standard InChI is InChI=1S/C9H17N3O/c10-7-4-9(13)12(6-7)8-2-1-3-11-5-8/h7-8,11H,1-6,10H2. The monoisotopic (exact) mass is 183 g/mol. The number of hydrogen-bond donors (Lipinski definition) is 2. The van der Waals surface area contributed by atoms with E-state index in [0.717, 1.165) is 26.1 Å². The van der Waals surface area contributed by atoms with Gasteiger partial charge in [-0.2, -0.15) is 0 Å². The Morgan fingerprint density at radius 3 is 2.92 bits per heavy atom. The summed E-state index contributed by atoms with van der Waals surface area (Å²) in [4.78, 5) is 13.5. The normalized spacial score (nSPS) is 35.5. The number of rotatable bonds is 1. The largest absolute Gasteiger partial charge is 0.337 e. The van der Waals surface area contributed by atoms with Crippen LogP contribution in [0.25, 0.3) is 0 Å². The highest BCUT2D eigenvalue weighted by atomic mass is 16.2. The summed E-state index contributed by atoms with van der Waals surface area (Å²) in [7, 11) is 0. The number of piperidine rings is 1. The van der Waals surface area contributed by atoms with Crippen LogP contribution in [0.1, 0.15) is 19.3 Å². The molecule has 0 aromatic carbocycles. The Morgan fingerprint density at radius 1 is 1.54 bits per heavy atom. The SMILES string of the molecule is NC1CC(=O)N(C2CCCNC2)C1. The van der Waals surface area contributed by atoms with E-state index in [4.69, 9.17) is 5.73 Å². The van der Waals surface area contributed by atoms with Crippen LogP contribution in [0, 0.1) is 0 Å². The fraction of sp³-hybridized carbons (Fsp3) is 0.889. The molecule has 0 radical (unpaired) electrons. The number of nitrogens with two attached hydrogens (primary N) is 1. The first-order valence-electron chi connectivity index (χ1n) is 5.03. The summed E-state index contributed by atoms with van der Waals surface area (Å²) in [6, 6.07) is 0.462. The van der Waals surface area contributed by atoms with Crippen molar-refractivity contribution in [1.82, 2.24) is 10.2 Å². The van der Waals surface area contributed by atoms with Crippen LogP contribution in [-0.2, 0) is 4.79 Å². The second kappa shape index (κ2) is 3.64. The average molecular weight is 183 g/mol. The highest BCUT2D eigenvalue weighted by Gasteiger charge is 2.32. The van der Waals surface area contributed by atoms with Crippen molar-refractivity contribution < 1.29 is 4.79 Å². The van der Waals surface area contributed by atoms with Gasteiger partial charge in [-0.3, -0.25) is 4.79 Å². The van der Waals surface area contributed by atoms with Gasteiger partial charge in [0.05, 0.1) is 0 Å². The highest BCUT2D eigenvalue weighted by molar-refractivity contribution is 5.79. The number of hydrogen-bond acceptors (Lipinski definition) is 3. The molecule has 2 unspecified atom stereocenters. The first-order valence-corrected chi connectivity index (χ1v) is 5.03. The molecule has 4 heteroatoms. The number of carbonyl (C=O) groups is 1. The van der Waals surface area contributed by atoms with Gasteiger partial charge in [-0.25, -0.2) is 0 Å². The molecule has 0 spiro atoms. The van der Waals surface area contributed by atoms with Gasteiger partial charge in [0, 0.05) is 31.6 Å². The molecule has 0 bridgehead atoms. The summed E-state index contributed by atoms with van der Waals surface area (Å²) in [6.07, 6.45) is 2.84. The lowest BCUT2D eigenvalue weighted by molar-refractivity contribution is -0.129. The first kappa shape index (κ1) is 8.97. The molecule has 2 rings (SSSR count). The van der Waals surface area contributed by atoms with Crippen LogP contribution in [0.2, 0.25) is 0 Å². The Kier molecular flexibility index (Phi) is 2.51. The molecule has 13 heavy (non-hydrogen) atoms. The fourth-order valence-corrected chi connectivity index (χ4v) is 2.21. The molecule has 0 aromatic rings. The Bertz CT molecular complexity index is 201. The summed E-state index contributed by atoms with van der Waals surface area (Å²) in [5.41, 5.74) is 5.74. The van der Waals surface area contributed by atoms with E-state index in [0.29, 0.717) is 12.5 Å². The lowest BCUT2D eigenvalue weighted by Gasteiger charge is -2.31. The predicted molar refractivity (Wildman–Crippen MR) is 50.2 cm³/mol. The van der Waals surface area contributed by atoms with Gasteiger partial charge in [-0.05, 0) is 19.4 Å². The quantitative estimate of drug-likeness (QED) is 0.565. The van der Waals surface area contributed by atoms with Crippen LogP contribution in [-0.4, -0.2) is 42.5 Å². The second-order valence-electron chi connectivity index (χ2n) is 4.01. The Hall–Kier alpha value is -0.610. The van der Waals surface area contributed by atoms with E-state index < -0.39 is 0 Å². The maximum Gasteiger partial charge on any atom is 0.224 e. The van der Waals surface area contributed by atoms with Gasteiger partial charge in [0.25, 0.3) is 0 Å². The van der Waals surface area contributed by atoms with Crippen molar-refractivity contribution in [2.45, 2.75) is 31.3 Å². The lowest BCUT2D eigenvalue weighted by atomic mass is 10.1. The molecule has 2 fully saturated rings. The average Bonchev–Trinajstić information content (AvgIpc) is 2.47. The number of nitrogens with zero attached hydrogens (tertiary/aromatic N) is 1. The van der Waals surface area contributed by atoms with Gasteiger partial charge in [0.2, 0.25) is 5.91 Å². The molecule has 2 atom stereocenters. The van der Waals surface area contributed by atoms with Crippen molar-refractivity contribution in [3.05, 3.63) is 0 Å². The molecule has 0 aliphatic carbocycles. The second-order valence-corrected chi connectivity index (χ2v) is 4.01. The van der Waals surface area contributed by atoms with E-state index in [1.165, 1.54) is 6.42 Å². The van der Waals surface area contributed by atoms with Gasteiger partial charge in [-0.1, -0.05) is 0 Å². The van der Waals surface area contributed by atoms with Crippen molar-refractivity contribution >= 4 is 5.91 Å². The third-order valence-electron chi connectivity index (χ3n) is 2.90. The molecule has 2 heterocycles. The zero-order valence-electron chi connectivity index (χ0n) is 7.83. The van der Waals surface area contributed by atoms with Gasteiger partial charge in [0.1, 0.15) is 0 Å². The fourth-order valence-electron chi connectivity index (χ4n) is 2.21. The Labute approximate surface area is 78.5 Å². The summed E-state index contributed by atoms with van der Waals surface area (Å²) in [5, 5.41) is 3.31. The van der Waals surface area contributed by atoms with Crippen LogP contribution in [0.15, 0.2) is 0 Å².